The van der Waals surface area contributed by atoms with E-state index < -0.39 is 0 Å². The summed E-state index contributed by atoms with van der Waals surface area (Å²) in [4.78, 5) is 4.10. The van der Waals surface area contributed by atoms with Crippen LogP contribution >= 0.6 is 27.5 Å². The number of halogens is 2. The second-order valence-electron chi connectivity index (χ2n) is 3.57. The van der Waals surface area contributed by atoms with Crippen molar-refractivity contribution in [1.29, 1.82) is 0 Å². The lowest BCUT2D eigenvalue weighted by atomic mass is 10.2. The molecule has 2 rings (SSSR count). The fraction of sp³-hybridized carbons (Fsp3) is 0.0833. The van der Waals surface area contributed by atoms with Crippen molar-refractivity contribution in [3.05, 3.63) is 45.5 Å². The number of nitrogens with zero attached hydrogens (tertiary/aromatic N) is 1. The lowest BCUT2D eigenvalue weighted by Crippen LogP contribution is -1.93. The molecular weight excluding hydrogens is 304 g/mol. The van der Waals surface area contributed by atoms with E-state index in [2.05, 4.69) is 20.9 Å². The van der Waals surface area contributed by atoms with E-state index in [0.29, 0.717) is 26.8 Å². The van der Waals surface area contributed by atoms with Gasteiger partial charge in [0.1, 0.15) is 5.75 Å². The van der Waals surface area contributed by atoms with E-state index >= 15 is 0 Å². The van der Waals surface area contributed by atoms with Crippen LogP contribution in [0.15, 0.2) is 34.9 Å². The van der Waals surface area contributed by atoms with Crippen molar-refractivity contribution in [1.82, 2.24) is 4.98 Å². The first-order chi connectivity index (χ1) is 8.06. The van der Waals surface area contributed by atoms with Crippen LogP contribution in [0.2, 0.25) is 5.02 Å². The summed E-state index contributed by atoms with van der Waals surface area (Å²) < 4.78 is 6.38. The Bertz CT molecular complexity index is 560. The average Bonchev–Trinajstić information content (AvgIpc) is 2.27. The molecule has 0 radical (unpaired) electrons. The molecule has 5 heteroatoms. The van der Waals surface area contributed by atoms with Crippen LogP contribution in [0.3, 0.4) is 0 Å². The highest BCUT2D eigenvalue weighted by Crippen LogP contribution is 2.31. The lowest BCUT2D eigenvalue weighted by Gasteiger charge is -2.09. The third-order valence-electron chi connectivity index (χ3n) is 2.19. The Balaban J connectivity index is 2.34. The van der Waals surface area contributed by atoms with Crippen LogP contribution < -0.4 is 10.5 Å². The molecule has 2 aromatic rings. The molecule has 0 bridgehead atoms. The third-order valence-corrected chi connectivity index (χ3v) is 2.97. The van der Waals surface area contributed by atoms with Crippen LogP contribution in [-0.4, -0.2) is 4.98 Å². The predicted molar refractivity (Wildman–Crippen MR) is 72.6 cm³/mol. The summed E-state index contributed by atoms with van der Waals surface area (Å²) in [5.41, 5.74) is 7.35. The zero-order valence-electron chi connectivity index (χ0n) is 9.08. The third kappa shape index (κ3) is 2.90. The van der Waals surface area contributed by atoms with Gasteiger partial charge in [0.25, 0.3) is 0 Å². The van der Waals surface area contributed by atoms with Crippen molar-refractivity contribution >= 4 is 33.2 Å². The van der Waals surface area contributed by atoms with Crippen LogP contribution in [0.5, 0.6) is 11.6 Å². The number of hydrogen-bond acceptors (Lipinski definition) is 3. The minimum Gasteiger partial charge on any atom is -0.438 e. The summed E-state index contributed by atoms with van der Waals surface area (Å²) in [6.45, 7) is 1.94. The summed E-state index contributed by atoms with van der Waals surface area (Å²) in [7, 11) is 0. The van der Waals surface area contributed by atoms with Gasteiger partial charge in [-0.05, 0) is 40.5 Å². The summed E-state index contributed by atoms with van der Waals surface area (Å²) in [5, 5.41) is 0.550. The highest BCUT2D eigenvalue weighted by Gasteiger charge is 2.07. The minimum atomic E-state index is 0.461. The zero-order chi connectivity index (χ0) is 12.4. The largest absolute Gasteiger partial charge is 0.438 e. The van der Waals surface area contributed by atoms with Crippen LogP contribution in [0, 0.1) is 6.92 Å². The molecule has 2 N–H and O–H groups in total. The van der Waals surface area contributed by atoms with Gasteiger partial charge in [-0.1, -0.05) is 17.7 Å². The molecule has 0 spiro atoms. The standard InChI is InChI=1S/C12H10BrClN2O/c1-7-2-3-9(15)5-11(7)17-12-10(13)4-8(14)6-16-12/h2-6H,15H2,1H3. The zero-order valence-corrected chi connectivity index (χ0v) is 11.4. The summed E-state index contributed by atoms with van der Waals surface area (Å²) >= 11 is 9.15. The highest BCUT2D eigenvalue weighted by atomic mass is 79.9. The van der Waals surface area contributed by atoms with E-state index in [-0.39, 0.29) is 0 Å². The van der Waals surface area contributed by atoms with Crippen LogP contribution in [0.25, 0.3) is 0 Å². The van der Waals surface area contributed by atoms with E-state index in [1.807, 2.05) is 19.1 Å². The van der Waals surface area contributed by atoms with Crippen molar-refractivity contribution in [2.45, 2.75) is 6.92 Å². The fourth-order valence-corrected chi connectivity index (χ4v) is 2.03. The predicted octanol–water partition coefficient (Wildman–Crippen LogP) is 4.18. The number of nitrogen functional groups attached to an aromatic ring is 1. The quantitative estimate of drug-likeness (QED) is 0.846. The maximum Gasteiger partial charge on any atom is 0.233 e. The van der Waals surface area contributed by atoms with Gasteiger partial charge in [0.2, 0.25) is 5.88 Å². The molecule has 17 heavy (non-hydrogen) atoms. The lowest BCUT2D eigenvalue weighted by molar-refractivity contribution is 0.456. The van der Waals surface area contributed by atoms with Gasteiger partial charge in [0, 0.05) is 18.0 Å². The van der Waals surface area contributed by atoms with Crippen LogP contribution in [0.1, 0.15) is 5.56 Å². The summed E-state index contributed by atoms with van der Waals surface area (Å²) in [5.74, 6) is 1.14. The Morgan fingerprint density at radius 3 is 2.82 bits per heavy atom. The minimum absolute atomic E-state index is 0.461. The Labute approximate surface area is 113 Å². The first-order valence-electron chi connectivity index (χ1n) is 4.91. The molecule has 0 aliphatic heterocycles. The van der Waals surface area contributed by atoms with E-state index in [9.17, 15) is 0 Å². The van der Waals surface area contributed by atoms with Crippen molar-refractivity contribution in [2.75, 3.05) is 5.73 Å². The Morgan fingerprint density at radius 2 is 2.12 bits per heavy atom. The Kier molecular flexibility index (Phi) is 3.54. The van der Waals surface area contributed by atoms with E-state index in [4.69, 9.17) is 22.1 Å². The SMILES string of the molecule is Cc1ccc(N)cc1Oc1ncc(Cl)cc1Br. The molecule has 88 valence electrons. The van der Waals surface area contributed by atoms with Gasteiger partial charge in [-0.3, -0.25) is 0 Å². The molecule has 1 aromatic heterocycles. The van der Waals surface area contributed by atoms with Crippen molar-refractivity contribution in [3.63, 3.8) is 0 Å². The number of nitrogens with two attached hydrogens (primary N) is 1. The number of aromatic nitrogens is 1. The molecule has 0 aliphatic rings. The van der Waals surface area contributed by atoms with E-state index in [0.717, 1.165) is 5.56 Å². The van der Waals surface area contributed by atoms with Gasteiger partial charge in [0.05, 0.1) is 9.50 Å². The smallest absolute Gasteiger partial charge is 0.233 e. The monoisotopic (exact) mass is 312 g/mol. The first-order valence-corrected chi connectivity index (χ1v) is 6.08. The maximum absolute atomic E-state index is 5.81. The fourth-order valence-electron chi connectivity index (χ4n) is 1.31. The van der Waals surface area contributed by atoms with Gasteiger partial charge in [0.15, 0.2) is 0 Å². The topological polar surface area (TPSA) is 48.1 Å². The Hall–Kier alpha value is -1.26. The van der Waals surface area contributed by atoms with Crippen molar-refractivity contribution in [2.24, 2.45) is 0 Å². The van der Waals surface area contributed by atoms with Gasteiger partial charge >= 0.3 is 0 Å². The van der Waals surface area contributed by atoms with Gasteiger partial charge in [-0.2, -0.15) is 0 Å². The molecule has 1 heterocycles. The van der Waals surface area contributed by atoms with Crippen molar-refractivity contribution < 1.29 is 4.74 Å². The number of rotatable bonds is 2. The normalized spacial score (nSPS) is 10.3. The van der Waals surface area contributed by atoms with Gasteiger partial charge in [-0.25, -0.2) is 4.98 Å². The number of ether oxygens (including phenoxy) is 1. The van der Waals surface area contributed by atoms with Gasteiger partial charge < -0.3 is 10.5 Å². The molecule has 1 aromatic carbocycles. The molecular formula is C12H10BrClN2O. The molecule has 0 atom stereocenters. The number of anilines is 1. The van der Waals surface area contributed by atoms with E-state index in [1.165, 1.54) is 6.20 Å². The Morgan fingerprint density at radius 1 is 1.35 bits per heavy atom. The molecule has 0 fully saturated rings. The molecule has 0 unspecified atom stereocenters. The maximum atomic E-state index is 5.81. The molecule has 0 amide bonds. The highest BCUT2D eigenvalue weighted by molar-refractivity contribution is 9.10. The second kappa shape index (κ2) is 4.94. The number of aryl methyl sites for hydroxylation is 1. The van der Waals surface area contributed by atoms with E-state index in [1.54, 1.807) is 12.1 Å². The number of hydrogen-bond donors (Lipinski definition) is 1. The first kappa shape index (κ1) is 12.2. The molecule has 0 saturated heterocycles. The van der Waals surface area contributed by atoms with Crippen molar-refractivity contribution in [3.8, 4) is 11.6 Å². The van der Waals surface area contributed by atoms with Crippen LogP contribution in [-0.2, 0) is 0 Å². The molecule has 0 saturated carbocycles. The number of pyridine rings is 1. The number of benzene rings is 1. The molecule has 0 aliphatic carbocycles. The van der Waals surface area contributed by atoms with Crippen LogP contribution in [0.4, 0.5) is 5.69 Å². The summed E-state index contributed by atoms with van der Waals surface area (Å²) in [6, 6.07) is 7.21. The average molecular weight is 314 g/mol. The molecule has 3 nitrogen and oxygen atoms in total. The van der Waals surface area contributed by atoms with Gasteiger partial charge in [-0.15, -0.1) is 0 Å². The summed E-state index contributed by atoms with van der Waals surface area (Å²) in [6.07, 6.45) is 1.53. The second-order valence-corrected chi connectivity index (χ2v) is 4.86.